The van der Waals surface area contributed by atoms with Crippen LogP contribution in [0.5, 0.6) is 5.75 Å². The number of phenolic OH excluding ortho intramolecular Hbond substituents is 1. The Morgan fingerprint density at radius 2 is 1.74 bits per heavy atom. The standard InChI is InChI=1S/C15H23NO3/c1-2-3-4-5-6-7-8-9-13-10-11-14(17)12-15(13)16(18)19/h10-12,17H,2-9H2,1H3. The molecule has 0 fully saturated rings. The first-order valence-corrected chi connectivity index (χ1v) is 7.11. The highest BCUT2D eigenvalue weighted by atomic mass is 16.6. The molecule has 4 heteroatoms. The van der Waals surface area contributed by atoms with Crippen LogP contribution in [0.2, 0.25) is 0 Å². The summed E-state index contributed by atoms with van der Waals surface area (Å²) < 4.78 is 0. The monoisotopic (exact) mass is 265 g/mol. The molecule has 0 aromatic heterocycles. The maximum Gasteiger partial charge on any atom is 0.276 e. The van der Waals surface area contributed by atoms with Crippen LogP contribution in [-0.4, -0.2) is 10.0 Å². The van der Waals surface area contributed by atoms with E-state index in [0.29, 0.717) is 6.42 Å². The van der Waals surface area contributed by atoms with Crippen LogP contribution in [0.3, 0.4) is 0 Å². The van der Waals surface area contributed by atoms with Gasteiger partial charge in [0.25, 0.3) is 5.69 Å². The zero-order chi connectivity index (χ0) is 14.1. The molecule has 0 heterocycles. The number of aryl methyl sites for hydroxylation is 1. The van der Waals surface area contributed by atoms with E-state index in [2.05, 4.69) is 6.92 Å². The summed E-state index contributed by atoms with van der Waals surface area (Å²) in [4.78, 5) is 10.5. The third-order valence-electron chi connectivity index (χ3n) is 3.32. The van der Waals surface area contributed by atoms with E-state index in [1.54, 1.807) is 6.07 Å². The van der Waals surface area contributed by atoms with Crippen LogP contribution in [0.25, 0.3) is 0 Å². The molecular formula is C15H23NO3. The molecule has 0 bridgehead atoms. The number of hydrogen-bond donors (Lipinski definition) is 1. The Labute approximate surface area is 114 Å². The summed E-state index contributed by atoms with van der Waals surface area (Å²) in [7, 11) is 0. The van der Waals surface area contributed by atoms with Crippen molar-refractivity contribution in [1.82, 2.24) is 0 Å². The van der Waals surface area contributed by atoms with E-state index >= 15 is 0 Å². The molecule has 0 saturated carbocycles. The van der Waals surface area contributed by atoms with Gasteiger partial charge in [-0.15, -0.1) is 0 Å². The molecule has 0 saturated heterocycles. The molecule has 4 nitrogen and oxygen atoms in total. The molecule has 0 aliphatic heterocycles. The summed E-state index contributed by atoms with van der Waals surface area (Å²) in [6.45, 7) is 2.20. The van der Waals surface area contributed by atoms with Crippen molar-refractivity contribution in [2.45, 2.75) is 58.3 Å². The Balaban J connectivity index is 2.35. The Kier molecular flexibility index (Phi) is 6.93. The van der Waals surface area contributed by atoms with Crippen molar-refractivity contribution < 1.29 is 10.0 Å². The predicted molar refractivity (Wildman–Crippen MR) is 76.5 cm³/mol. The SMILES string of the molecule is CCCCCCCCCc1ccc(O)cc1[N+](=O)[O-]. The predicted octanol–water partition coefficient (Wildman–Crippen LogP) is 4.59. The first-order valence-electron chi connectivity index (χ1n) is 7.11. The molecule has 0 amide bonds. The van der Waals surface area contributed by atoms with Crippen LogP contribution in [0.1, 0.15) is 57.4 Å². The lowest BCUT2D eigenvalue weighted by Crippen LogP contribution is -1.95. The molecule has 0 unspecified atom stereocenters. The van der Waals surface area contributed by atoms with Gasteiger partial charge in [0.1, 0.15) is 5.75 Å². The van der Waals surface area contributed by atoms with Crippen molar-refractivity contribution in [3.8, 4) is 5.75 Å². The third-order valence-corrected chi connectivity index (χ3v) is 3.32. The van der Waals surface area contributed by atoms with Gasteiger partial charge in [0.05, 0.1) is 11.0 Å². The van der Waals surface area contributed by atoms with Gasteiger partial charge < -0.3 is 5.11 Å². The number of nitro groups is 1. The Morgan fingerprint density at radius 1 is 1.11 bits per heavy atom. The minimum atomic E-state index is -0.420. The molecule has 0 aliphatic rings. The Morgan fingerprint density at radius 3 is 2.37 bits per heavy atom. The second kappa shape index (κ2) is 8.51. The fraction of sp³-hybridized carbons (Fsp3) is 0.600. The molecule has 106 valence electrons. The molecule has 1 aromatic rings. The first kappa shape index (κ1) is 15.5. The smallest absolute Gasteiger partial charge is 0.276 e. The lowest BCUT2D eigenvalue weighted by Gasteiger charge is -2.04. The average molecular weight is 265 g/mol. The van der Waals surface area contributed by atoms with E-state index in [1.807, 2.05) is 0 Å². The highest BCUT2D eigenvalue weighted by Gasteiger charge is 2.13. The van der Waals surface area contributed by atoms with Gasteiger partial charge >= 0.3 is 0 Å². The van der Waals surface area contributed by atoms with Gasteiger partial charge in [-0.3, -0.25) is 10.1 Å². The normalized spacial score (nSPS) is 10.6. The van der Waals surface area contributed by atoms with Crippen LogP contribution in [0, 0.1) is 10.1 Å². The summed E-state index contributed by atoms with van der Waals surface area (Å²) in [5, 5.41) is 20.1. The van der Waals surface area contributed by atoms with E-state index in [4.69, 9.17) is 0 Å². The lowest BCUT2D eigenvalue weighted by atomic mass is 10.0. The van der Waals surface area contributed by atoms with Crippen molar-refractivity contribution in [3.63, 3.8) is 0 Å². The van der Waals surface area contributed by atoms with Gasteiger partial charge in [-0.1, -0.05) is 45.4 Å². The van der Waals surface area contributed by atoms with Crippen molar-refractivity contribution in [2.75, 3.05) is 0 Å². The number of phenols is 1. The number of nitrogens with zero attached hydrogens (tertiary/aromatic N) is 1. The summed E-state index contributed by atoms with van der Waals surface area (Å²) in [6.07, 6.45) is 9.08. The van der Waals surface area contributed by atoms with Crippen molar-refractivity contribution in [3.05, 3.63) is 33.9 Å². The Bertz CT molecular complexity index is 404. The highest BCUT2D eigenvalue weighted by molar-refractivity contribution is 5.45. The largest absolute Gasteiger partial charge is 0.508 e. The number of nitro benzene ring substituents is 1. The van der Waals surface area contributed by atoms with Crippen LogP contribution < -0.4 is 0 Å². The van der Waals surface area contributed by atoms with Gasteiger partial charge in [-0.05, 0) is 25.0 Å². The van der Waals surface area contributed by atoms with Crippen LogP contribution in [0.15, 0.2) is 18.2 Å². The van der Waals surface area contributed by atoms with E-state index in [0.717, 1.165) is 18.4 Å². The lowest BCUT2D eigenvalue weighted by molar-refractivity contribution is -0.385. The van der Waals surface area contributed by atoms with E-state index < -0.39 is 4.92 Å². The summed E-state index contributed by atoms with van der Waals surface area (Å²) >= 11 is 0. The molecule has 0 atom stereocenters. The fourth-order valence-corrected chi connectivity index (χ4v) is 2.21. The van der Waals surface area contributed by atoms with Gasteiger partial charge in [-0.25, -0.2) is 0 Å². The fourth-order valence-electron chi connectivity index (χ4n) is 2.21. The van der Waals surface area contributed by atoms with Gasteiger partial charge in [0.15, 0.2) is 0 Å². The second-order valence-corrected chi connectivity index (χ2v) is 4.94. The summed E-state index contributed by atoms with van der Waals surface area (Å²) in [5.41, 5.74) is 0.752. The molecule has 0 spiro atoms. The summed E-state index contributed by atoms with van der Waals surface area (Å²) in [6, 6.07) is 4.41. The molecule has 1 N–H and O–H groups in total. The highest BCUT2D eigenvalue weighted by Crippen LogP contribution is 2.25. The first-order chi connectivity index (χ1) is 9.15. The van der Waals surface area contributed by atoms with E-state index in [9.17, 15) is 15.2 Å². The third kappa shape index (κ3) is 5.73. The average Bonchev–Trinajstić information content (AvgIpc) is 2.39. The van der Waals surface area contributed by atoms with Crippen molar-refractivity contribution in [1.29, 1.82) is 0 Å². The van der Waals surface area contributed by atoms with Crippen molar-refractivity contribution >= 4 is 5.69 Å². The number of benzene rings is 1. The minimum Gasteiger partial charge on any atom is -0.508 e. The van der Waals surface area contributed by atoms with Crippen LogP contribution in [0.4, 0.5) is 5.69 Å². The van der Waals surface area contributed by atoms with Gasteiger partial charge in [0.2, 0.25) is 0 Å². The van der Waals surface area contributed by atoms with Crippen molar-refractivity contribution in [2.24, 2.45) is 0 Å². The van der Waals surface area contributed by atoms with Crippen LogP contribution in [-0.2, 0) is 6.42 Å². The number of rotatable bonds is 9. The maximum absolute atomic E-state index is 10.9. The zero-order valence-electron chi connectivity index (χ0n) is 11.6. The molecular weight excluding hydrogens is 242 g/mol. The quantitative estimate of drug-likeness (QED) is 0.403. The van der Waals surface area contributed by atoms with E-state index in [-0.39, 0.29) is 11.4 Å². The number of aromatic hydroxyl groups is 1. The Hall–Kier alpha value is -1.58. The van der Waals surface area contributed by atoms with Gasteiger partial charge in [0, 0.05) is 5.56 Å². The minimum absolute atomic E-state index is 0.0333. The molecule has 19 heavy (non-hydrogen) atoms. The molecule has 1 aromatic carbocycles. The molecule has 0 radical (unpaired) electrons. The molecule has 1 rings (SSSR count). The second-order valence-electron chi connectivity index (χ2n) is 4.94. The van der Waals surface area contributed by atoms with Crippen LogP contribution >= 0.6 is 0 Å². The maximum atomic E-state index is 10.9. The number of unbranched alkanes of at least 4 members (excludes halogenated alkanes) is 6. The topological polar surface area (TPSA) is 63.4 Å². The van der Waals surface area contributed by atoms with E-state index in [1.165, 1.54) is 44.2 Å². The number of hydrogen-bond acceptors (Lipinski definition) is 3. The summed E-state index contributed by atoms with van der Waals surface area (Å²) in [5.74, 6) is -0.0463. The molecule has 0 aliphatic carbocycles. The zero-order valence-corrected chi connectivity index (χ0v) is 11.6. The van der Waals surface area contributed by atoms with Gasteiger partial charge in [-0.2, -0.15) is 0 Å².